The Kier molecular flexibility index (Phi) is 5.35. The molecule has 28 heavy (non-hydrogen) atoms. The number of alkyl halides is 1. The van der Waals surface area contributed by atoms with Crippen molar-refractivity contribution in [2.45, 2.75) is 0 Å². The van der Waals surface area contributed by atoms with Crippen LogP contribution in [0.4, 0.5) is 10.1 Å². The molecule has 142 valence electrons. The maximum Gasteiger partial charge on any atom is 0.220 e. The molecular formula is C23H22FN3O. The molecular weight excluding hydrogens is 353 g/mol. The largest absolute Gasteiger partial charge is 0.476 e. The van der Waals surface area contributed by atoms with E-state index in [1.807, 2.05) is 30.3 Å². The van der Waals surface area contributed by atoms with Gasteiger partial charge in [-0.2, -0.15) is 0 Å². The Morgan fingerprint density at radius 3 is 2.64 bits per heavy atom. The third-order valence-electron chi connectivity index (χ3n) is 4.70. The molecule has 0 amide bonds. The molecule has 5 heteroatoms. The summed E-state index contributed by atoms with van der Waals surface area (Å²) in [5, 5.41) is 3.12. The lowest BCUT2D eigenvalue weighted by molar-refractivity contribution is 0.315. The van der Waals surface area contributed by atoms with E-state index in [0.29, 0.717) is 25.6 Å². The van der Waals surface area contributed by atoms with Crippen LogP contribution in [0.15, 0.2) is 60.8 Å². The Balaban J connectivity index is 1.82. The molecule has 0 saturated carbocycles. The molecule has 0 spiro atoms. The molecule has 1 aliphatic rings. The Morgan fingerprint density at radius 1 is 1.00 bits per heavy atom. The zero-order chi connectivity index (χ0) is 19.3. The third-order valence-corrected chi connectivity index (χ3v) is 4.70. The maximum absolute atomic E-state index is 12.6. The van der Waals surface area contributed by atoms with Crippen LogP contribution in [0, 0.1) is 0 Å². The van der Waals surface area contributed by atoms with Gasteiger partial charge in [-0.25, -0.2) is 9.37 Å². The van der Waals surface area contributed by atoms with E-state index < -0.39 is 6.67 Å². The number of nitrogens with zero attached hydrogens (tertiary/aromatic N) is 1. The van der Waals surface area contributed by atoms with Crippen molar-refractivity contribution < 1.29 is 9.13 Å². The number of ether oxygens (including phenoxy) is 1. The van der Waals surface area contributed by atoms with Gasteiger partial charge in [0.25, 0.3) is 0 Å². The van der Waals surface area contributed by atoms with Crippen LogP contribution in [0.1, 0.15) is 16.7 Å². The van der Waals surface area contributed by atoms with E-state index in [2.05, 4.69) is 40.6 Å². The quantitative estimate of drug-likeness (QED) is 0.504. The maximum atomic E-state index is 12.6. The number of rotatable bonds is 7. The van der Waals surface area contributed by atoms with E-state index in [0.717, 1.165) is 28.0 Å². The van der Waals surface area contributed by atoms with Crippen LogP contribution < -0.4 is 15.8 Å². The zero-order valence-corrected chi connectivity index (χ0v) is 15.5. The summed E-state index contributed by atoms with van der Waals surface area (Å²) in [7, 11) is 0. The van der Waals surface area contributed by atoms with Gasteiger partial charge in [-0.1, -0.05) is 30.3 Å². The molecule has 0 fully saturated rings. The molecule has 0 atom stereocenters. The van der Waals surface area contributed by atoms with E-state index in [1.54, 1.807) is 6.20 Å². The van der Waals surface area contributed by atoms with Gasteiger partial charge in [0.2, 0.25) is 5.88 Å². The first-order valence-electron chi connectivity index (χ1n) is 9.35. The second-order valence-electron chi connectivity index (χ2n) is 6.51. The van der Waals surface area contributed by atoms with Crippen LogP contribution in [-0.2, 0) is 0 Å². The van der Waals surface area contributed by atoms with Gasteiger partial charge in [0, 0.05) is 30.5 Å². The predicted molar refractivity (Wildman–Crippen MR) is 112 cm³/mol. The predicted octanol–water partition coefficient (Wildman–Crippen LogP) is 4.37. The number of nitrogens with one attached hydrogen (secondary N) is 1. The molecule has 0 bridgehead atoms. The Labute approximate surface area is 163 Å². The minimum atomic E-state index is -0.405. The van der Waals surface area contributed by atoms with E-state index in [9.17, 15) is 4.39 Å². The van der Waals surface area contributed by atoms with Crippen molar-refractivity contribution in [3.8, 4) is 17.0 Å². The SMILES string of the molecule is NCCOc1ncccc1C=C1c2ccccc2-c2ccc(NCCF)cc21. The van der Waals surface area contributed by atoms with Gasteiger partial charge in [-0.15, -0.1) is 0 Å². The first kappa shape index (κ1) is 18.2. The third kappa shape index (κ3) is 3.49. The monoisotopic (exact) mass is 375 g/mol. The molecule has 1 aromatic heterocycles. The standard InChI is InChI=1S/C23H22FN3O/c24-9-12-26-17-7-8-20-18-5-1-2-6-19(18)21(22(20)15-17)14-16-4-3-11-27-23(16)28-13-10-25/h1-8,11,14-15,26H,9-10,12-13,25H2. The molecule has 3 N–H and O–H groups in total. The van der Waals surface area contributed by atoms with Crippen molar-refractivity contribution in [3.05, 3.63) is 77.5 Å². The number of aromatic nitrogens is 1. The number of halogens is 1. The average molecular weight is 375 g/mol. The number of hydrogen-bond donors (Lipinski definition) is 2. The van der Waals surface area contributed by atoms with Crippen LogP contribution in [0.2, 0.25) is 0 Å². The van der Waals surface area contributed by atoms with Crippen LogP contribution >= 0.6 is 0 Å². The number of pyridine rings is 1. The van der Waals surface area contributed by atoms with Gasteiger partial charge in [0.1, 0.15) is 13.3 Å². The van der Waals surface area contributed by atoms with Gasteiger partial charge < -0.3 is 15.8 Å². The molecule has 3 aromatic rings. The van der Waals surface area contributed by atoms with Crippen molar-refractivity contribution in [1.29, 1.82) is 0 Å². The number of fused-ring (bicyclic) bond motifs is 3. The van der Waals surface area contributed by atoms with Crippen molar-refractivity contribution in [1.82, 2.24) is 4.98 Å². The van der Waals surface area contributed by atoms with Crippen molar-refractivity contribution in [2.24, 2.45) is 5.73 Å². The highest BCUT2D eigenvalue weighted by atomic mass is 19.1. The number of anilines is 1. The summed E-state index contributed by atoms with van der Waals surface area (Å²) >= 11 is 0. The average Bonchev–Trinajstić information content (AvgIpc) is 3.05. The van der Waals surface area contributed by atoms with Crippen LogP contribution in [0.5, 0.6) is 5.88 Å². The fraction of sp³-hybridized carbons (Fsp3) is 0.174. The lowest BCUT2D eigenvalue weighted by atomic mass is 10.0. The number of nitrogens with two attached hydrogens (primary N) is 1. The summed E-state index contributed by atoms with van der Waals surface area (Å²) in [5.41, 5.74) is 13.1. The number of benzene rings is 2. The summed E-state index contributed by atoms with van der Waals surface area (Å²) < 4.78 is 18.3. The highest BCUT2D eigenvalue weighted by molar-refractivity contribution is 6.07. The van der Waals surface area contributed by atoms with Gasteiger partial charge in [0.05, 0.1) is 0 Å². The van der Waals surface area contributed by atoms with Crippen molar-refractivity contribution in [2.75, 3.05) is 31.7 Å². The Hall–Kier alpha value is -3.18. The number of hydrogen-bond acceptors (Lipinski definition) is 4. The fourth-order valence-corrected chi connectivity index (χ4v) is 3.50. The topological polar surface area (TPSA) is 60.2 Å². The zero-order valence-electron chi connectivity index (χ0n) is 15.5. The second kappa shape index (κ2) is 8.23. The Bertz CT molecular complexity index is 1020. The van der Waals surface area contributed by atoms with E-state index in [1.165, 1.54) is 11.1 Å². The van der Waals surface area contributed by atoms with Crippen molar-refractivity contribution >= 4 is 17.3 Å². The highest BCUT2D eigenvalue weighted by Gasteiger charge is 2.23. The molecule has 1 heterocycles. The molecule has 0 saturated heterocycles. The normalized spacial score (nSPS) is 13.3. The first-order valence-corrected chi connectivity index (χ1v) is 9.35. The minimum absolute atomic E-state index is 0.296. The lowest BCUT2D eigenvalue weighted by Gasteiger charge is -2.10. The Morgan fingerprint density at radius 2 is 1.82 bits per heavy atom. The first-order chi connectivity index (χ1) is 13.8. The van der Waals surface area contributed by atoms with Crippen LogP contribution in [0.25, 0.3) is 22.8 Å². The van der Waals surface area contributed by atoms with Gasteiger partial charge in [0.15, 0.2) is 0 Å². The van der Waals surface area contributed by atoms with Crippen LogP contribution in [-0.4, -0.2) is 31.4 Å². The summed E-state index contributed by atoms with van der Waals surface area (Å²) in [6, 6.07) is 18.4. The van der Waals surface area contributed by atoms with Crippen LogP contribution in [0.3, 0.4) is 0 Å². The molecule has 0 unspecified atom stereocenters. The van der Waals surface area contributed by atoms with E-state index >= 15 is 0 Å². The summed E-state index contributed by atoms with van der Waals surface area (Å²) in [5.74, 6) is 0.568. The molecule has 2 aromatic carbocycles. The lowest BCUT2D eigenvalue weighted by Crippen LogP contribution is -2.11. The summed E-state index contributed by atoms with van der Waals surface area (Å²) in [4.78, 5) is 4.35. The van der Waals surface area contributed by atoms with Gasteiger partial charge in [-0.05, 0) is 58.2 Å². The van der Waals surface area contributed by atoms with Crippen molar-refractivity contribution in [3.63, 3.8) is 0 Å². The smallest absolute Gasteiger partial charge is 0.220 e. The summed E-state index contributed by atoms with van der Waals surface area (Å²) in [6.07, 6.45) is 3.81. The van der Waals surface area contributed by atoms with E-state index in [-0.39, 0.29) is 0 Å². The molecule has 4 rings (SSSR count). The fourth-order valence-electron chi connectivity index (χ4n) is 3.50. The highest BCUT2D eigenvalue weighted by Crippen LogP contribution is 2.46. The molecule has 1 aliphatic carbocycles. The summed E-state index contributed by atoms with van der Waals surface area (Å²) in [6.45, 7) is 0.738. The van der Waals surface area contributed by atoms with Gasteiger partial charge >= 0.3 is 0 Å². The van der Waals surface area contributed by atoms with E-state index in [4.69, 9.17) is 10.5 Å². The molecule has 4 nitrogen and oxygen atoms in total. The molecule has 0 radical (unpaired) electrons. The minimum Gasteiger partial charge on any atom is -0.476 e. The second-order valence-corrected chi connectivity index (χ2v) is 6.51. The molecule has 0 aliphatic heterocycles. The van der Waals surface area contributed by atoms with Gasteiger partial charge in [-0.3, -0.25) is 0 Å².